The van der Waals surface area contributed by atoms with E-state index in [1.165, 1.54) is 0 Å². The van der Waals surface area contributed by atoms with E-state index in [-0.39, 0.29) is 17.9 Å². The molecule has 7 heteroatoms. The van der Waals surface area contributed by atoms with Gasteiger partial charge in [-0.2, -0.15) is 5.10 Å². The molecule has 0 fully saturated rings. The van der Waals surface area contributed by atoms with Crippen molar-refractivity contribution in [3.05, 3.63) is 64.9 Å². The molecule has 0 spiro atoms. The Kier molecular flexibility index (Phi) is 3.82. The van der Waals surface area contributed by atoms with Crippen molar-refractivity contribution in [1.82, 2.24) is 9.78 Å². The molecule has 1 aliphatic heterocycles. The number of ether oxygens (including phenoxy) is 2. The molecule has 1 aliphatic rings. The van der Waals surface area contributed by atoms with Gasteiger partial charge in [-0.3, -0.25) is 4.79 Å². The van der Waals surface area contributed by atoms with Crippen molar-refractivity contribution < 1.29 is 14.3 Å². The average Bonchev–Trinajstić information content (AvgIpc) is 3.19. The fourth-order valence-electron chi connectivity index (χ4n) is 2.67. The van der Waals surface area contributed by atoms with Crippen molar-refractivity contribution in [2.75, 3.05) is 12.1 Å². The zero-order chi connectivity index (χ0) is 17.4. The number of nitrogens with one attached hydrogen (secondary N) is 1. The second-order valence-corrected chi connectivity index (χ2v) is 5.88. The van der Waals surface area contributed by atoms with Crippen molar-refractivity contribution in [1.29, 1.82) is 0 Å². The Balaban J connectivity index is 1.63. The molecule has 25 heavy (non-hydrogen) atoms. The topological polar surface area (TPSA) is 65.4 Å². The number of benzene rings is 2. The molecule has 2 heterocycles. The largest absolute Gasteiger partial charge is 0.454 e. The summed E-state index contributed by atoms with van der Waals surface area (Å²) in [7, 11) is 0. The van der Waals surface area contributed by atoms with E-state index < -0.39 is 0 Å². The number of carbonyl (C=O) groups excluding carboxylic acids is 1. The Morgan fingerprint density at radius 1 is 1.16 bits per heavy atom. The maximum atomic E-state index is 12.7. The van der Waals surface area contributed by atoms with E-state index in [0.717, 1.165) is 5.69 Å². The van der Waals surface area contributed by atoms with Crippen LogP contribution in [-0.2, 0) is 0 Å². The number of carbonyl (C=O) groups is 1. The minimum absolute atomic E-state index is 0.182. The van der Waals surface area contributed by atoms with Gasteiger partial charge in [-0.25, -0.2) is 4.68 Å². The van der Waals surface area contributed by atoms with Crippen molar-refractivity contribution >= 4 is 23.2 Å². The number of amides is 1. The van der Waals surface area contributed by atoms with Gasteiger partial charge < -0.3 is 14.8 Å². The first kappa shape index (κ1) is 15.5. The van der Waals surface area contributed by atoms with Crippen LogP contribution >= 0.6 is 11.6 Å². The zero-order valence-electron chi connectivity index (χ0n) is 13.3. The third-order valence-electron chi connectivity index (χ3n) is 3.86. The minimum Gasteiger partial charge on any atom is -0.454 e. The summed E-state index contributed by atoms with van der Waals surface area (Å²) in [6.07, 6.45) is 0. The third kappa shape index (κ3) is 2.81. The van der Waals surface area contributed by atoms with Gasteiger partial charge in [0, 0.05) is 11.8 Å². The molecule has 2 aromatic carbocycles. The first-order valence-corrected chi connectivity index (χ1v) is 8.03. The standard InChI is InChI=1S/C18H14ClN3O3/c1-11-16(17(19)22(21-11)13-5-3-2-4-6-13)18(23)20-12-7-8-14-15(9-12)25-10-24-14/h2-9H,10H2,1H3,(H,20,23). The molecule has 0 unspecified atom stereocenters. The summed E-state index contributed by atoms with van der Waals surface area (Å²) < 4.78 is 12.1. The molecular weight excluding hydrogens is 342 g/mol. The van der Waals surface area contributed by atoms with Crippen molar-refractivity contribution in [2.24, 2.45) is 0 Å². The van der Waals surface area contributed by atoms with Crippen LogP contribution in [0, 0.1) is 6.92 Å². The molecule has 4 rings (SSSR count). The van der Waals surface area contributed by atoms with Gasteiger partial charge in [0.2, 0.25) is 6.79 Å². The summed E-state index contributed by atoms with van der Waals surface area (Å²) in [5.41, 5.74) is 2.27. The molecule has 3 aromatic rings. The molecule has 1 amide bonds. The van der Waals surface area contributed by atoms with Gasteiger partial charge in [-0.15, -0.1) is 0 Å². The van der Waals surface area contributed by atoms with Crippen molar-refractivity contribution in [3.63, 3.8) is 0 Å². The highest BCUT2D eigenvalue weighted by Gasteiger charge is 2.22. The van der Waals surface area contributed by atoms with Crippen LogP contribution in [0.25, 0.3) is 5.69 Å². The Labute approximate surface area is 148 Å². The van der Waals surface area contributed by atoms with Gasteiger partial charge in [-0.05, 0) is 31.2 Å². The first-order chi connectivity index (χ1) is 12.1. The lowest BCUT2D eigenvalue weighted by molar-refractivity contribution is 0.102. The monoisotopic (exact) mass is 355 g/mol. The fraction of sp³-hybridized carbons (Fsp3) is 0.111. The lowest BCUT2D eigenvalue weighted by Gasteiger charge is -2.06. The summed E-state index contributed by atoms with van der Waals surface area (Å²) in [6.45, 7) is 1.93. The highest BCUT2D eigenvalue weighted by Crippen LogP contribution is 2.34. The van der Waals surface area contributed by atoms with E-state index in [4.69, 9.17) is 21.1 Å². The van der Waals surface area contributed by atoms with Gasteiger partial charge in [0.25, 0.3) is 5.91 Å². The molecule has 1 N–H and O–H groups in total. The van der Waals surface area contributed by atoms with Crippen LogP contribution < -0.4 is 14.8 Å². The normalized spacial score (nSPS) is 12.2. The van der Waals surface area contributed by atoms with Crippen LogP contribution in [0.2, 0.25) is 5.15 Å². The lowest BCUT2D eigenvalue weighted by Crippen LogP contribution is -2.13. The van der Waals surface area contributed by atoms with Crippen LogP contribution in [-0.4, -0.2) is 22.5 Å². The Hall–Kier alpha value is -2.99. The Morgan fingerprint density at radius 3 is 2.72 bits per heavy atom. The molecule has 0 saturated carbocycles. The van der Waals surface area contributed by atoms with Crippen molar-refractivity contribution in [3.8, 4) is 17.2 Å². The number of hydrogen-bond donors (Lipinski definition) is 1. The van der Waals surface area contributed by atoms with Gasteiger partial charge in [-0.1, -0.05) is 29.8 Å². The predicted octanol–water partition coefficient (Wildman–Crippen LogP) is 3.82. The SMILES string of the molecule is Cc1nn(-c2ccccc2)c(Cl)c1C(=O)Nc1ccc2c(c1)OCO2. The van der Waals surface area contributed by atoms with E-state index in [9.17, 15) is 4.79 Å². The number of hydrogen-bond acceptors (Lipinski definition) is 4. The van der Waals surface area contributed by atoms with Crippen LogP contribution in [0.5, 0.6) is 11.5 Å². The van der Waals surface area contributed by atoms with E-state index in [2.05, 4.69) is 10.4 Å². The van der Waals surface area contributed by atoms with Crippen LogP contribution in [0.15, 0.2) is 48.5 Å². The maximum Gasteiger partial charge on any atom is 0.260 e. The minimum atomic E-state index is -0.330. The predicted molar refractivity (Wildman–Crippen MR) is 93.8 cm³/mol. The number of rotatable bonds is 3. The van der Waals surface area contributed by atoms with E-state index in [1.807, 2.05) is 30.3 Å². The summed E-state index contributed by atoms with van der Waals surface area (Å²) in [5.74, 6) is 0.924. The second-order valence-electron chi connectivity index (χ2n) is 5.52. The second kappa shape index (κ2) is 6.14. The summed E-state index contributed by atoms with van der Waals surface area (Å²) in [4.78, 5) is 12.7. The van der Waals surface area contributed by atoms with Gasteiger partial charge in [0.1, 0.15) is 10.7 Å². The van der Waals surface area contributed by atoms with Gasteiger partial charge >= 0.3 is 0 Å². The number of nitrogens with zero attached hydrogens (tertiary/aromatic N) is 2. The van der Waals surface area contributed by atoms with E-state index in [1.54, 1.807) is 29.8 Å². The maximum absolute atomic E-state index is 12.7. The van der Waals surface area contributed by atoms with Crippen molar-refractivity contribution in [2.45, 2.75) is 6.92 Å². The quantitative estimate of drug-likeness (QED) is 0.775. The van der Waals surface area contributed by atoms with Gasteiger partial charge in [0.05, 0.1) is 11.4 Å². The van der Waals surface area contributed by atoms with E-state index in [0.29, 0.717) is 28.4 Å². The number of para-hydroxylation sites is 1. The molecule has 6 nitrogen and oxygen atoms in total. The number of fused-ring (bicyclic) bond motifs is 1. The first-order valence-electron chi connectivity index (χ1n) is 7.65. The molecule has 126 valence electrons. The highest BCUT2D eigenvalue weighted by atomic mass is 35.5. The molecule has 0 aliphatic carbocycles. The highest BCUT2D eigenvalue weighted by molar-refractivity contribution is 6.34. The van der Waals surface area contributed by atoms with Gasteiger partial charge in [0.15, 0.2) is 11.5 Å². The smallest absolute Gasteiger partial charge is 0.260 e. The number of halogens is 1. The lowest BCUT2D eigenvalue weighted by atomic mass is 10.2. The van der Waals surface area contributed by atoms with Crippen LogP contribution in [0.4, 0.5) is 5.69 Å². The Bertz CT molecular complexity index is 954. The molecule has 0 radical (unpaired) electrons. The van der Waals surface area contributed by atoms with Crippen LogP contribution in [0.1, 0.15) is 16.1 Å². The van der Waals surface area contributed by atoms with E-state index >= 15 is 0 Å². The van der Waals surface area contributed by atoms with Crippen LogP contribution in [0.3, 0.4) is 0 Å². The third-order valence-corrected chi connectivity index (χ3v) is 4.21. The summed E-state index contributed by atoms with van der Waals surface area (Å²) >= 11 is 6.41. The molecular formula is C18H14ClN3O3. The summed E-state index contributed by atoms with van der Waals surface area (Å²) in [5, 5.41) is 7.47. The molecule has 0 atom stereocenters. The fourth-order valence-corrected chi connectivity index (χ4v) is 3.02. The molecule has 0 saturated heterocycles. The number of anilines is 1. The number of aromatic nitrogens is 2. The zero-order valence-corrected chi connectivity index (χ0v) is 14.1. The molecule has 0 bridgehead atoms. The Morgan fingerprint density at radius 2 is 1.92 bits per heavy atom. The summed E-state index contributed by atoms with van der Waals surface area (Å²) in [6, 6.07) is 14.6. The number of aryl methyl sites for hydroxylation is 1. The molecule has 1 aromatic heterocycles. The average molecular weight is 356 g/mol.